The normalized spacial score (nSPS) is 20.5. The molecule has 6 amide bonds. The number of unbranched alkanes of at least 4 members (excludes halogenated alkanes) is 3. The first kappa shape index (κ1) is 42.7. The quantitative estimate of drug-likeness (QED) is 0.0982. The lowest BCUT2D eigenvalue weighted by atomic mass is 9.97. The fraction of sp³-hybridized carbons (Fsp3) is 0.488. The summed E-state index contributed by atoms with van der Waals surface area (Å²) in [7, 11) is 0. The molecule has 2 fully saturated rings. The minimum atomic E-state index is -1.01. The highest BCUT2D eigenvalue weighted by Gasteiger charge is 2.45. The molecule has 17 heteroatoms. The Balaban J connectivity index is 0.799. The first-order valence-electron chi connectivity index (χ1n) is 20.9. The van der Waals surface area contributed by atoms with Crippen LogP contribution < -0.4 is 26.2 Å². The van der Waals surface area contributed by atoms with Gasteiger partial charge in [-0.3, -0.25) is 39.0 Å². The number of carbonyl (C=O) groups excluding carboxylic acids is 6. The highest BCUT2D eigenvalue weighted by Crippen LogP contribution is 2.43. The van der Waals surface area contributed by atoms with Gasteiger partial charge in [0.25, 0.3) is 11.8 Å². The molecule has 60 heavy (non-hydrogen) atoms. The number of imide groups is 2. The van der Waals surface area contributed by atoms with Crippen molar-refractivity contribution in [2.24, 2.45) is 0 Å². The van der Waals surface area contributed by atoms with Gasteiger partial charge in [-0.2, -0.15) is 0 Å². The summed E-state index contributed by atoms with van der Waals surface area (Å²) in [4.78, 5) is 90.9. The van der Waals surface area contributed by atoms with Crippen LogP contribution in [0.15, 0.2) is 48.8 Å². The number of hydrogen-bond acceptors (Lipinski definition) is 12. The van der Waals surface area contributed by atoms with Crippen molar-refractivity contribution in [2.45, 2.75) is 82.3 Å². The average Bonchev–Trinajstić information content (AvgIpc) is 3.68. The summed E-state index contributed by atoms with van der Waals surface area (Å²) in [6.07, 6.45) is 5.37. The van der Waals surface area contributed by atoms with E-state index in [4.69, 9.17) is 11.6 Å². The van der Waals surface area contributed by atoms with E-state index in [1.807, 2.05) is 17.0 Å². The summed E-state index contributed by atoms with van der Waals surface area (Å²) in [5.74, 6) is -1.66. The molecule has 0 radical (unpaired) electrons. The van der Waals surface area contributed by atoms with Crippen molar-refractivity contribution in [1.29, 1.82) is 0 Å². The molecule has 7 rings (SSSR count). The fourth-order valence-electron chi connectivity index (χ4n) is 8.61. The number of aliphatic hydroxyl groups is 1. The van der Waals surface area contributed by atoms with Crippen molar-refractivity contribution in [2.75, 3.05) is 62.6 Å². The molecular formula is C43H52ClN9O7. The molecule has 1 aliphatic carbocycles. The number of aliphatic hydroxyl groups excluding tert-OH is 1. The molecule has 0 saturated carbocycles. The van der Waals surface area contributed by atoms with Gasteiger partial charge >= 0.3 is 0 Å². The van der Waals surface area contributed by atoms with Crippen LogP contribution in [0.25, 0.3) is 0 Å². The summed E-state index contributed by atoms with van der Waals surface area (Å²) in [5, 5.41) is 22.8. The molecule has 4 atom stereocenters. The Morgan fingerprint density at radius 2 is 1.68 bits per heavy atom. The average molecular weight is 842 g/mol. The lowest BCUT2D eigenvalue weighted by Gasteiger charge is -2.38. The summed E-state index contributed by atoms with van der Waals surface area (Å²) in [5.41, 5.74) is 3.56. The predicted octanol–water partition coefficient (Wildman–Crippen LogP) is 3.27. The number of piperidine rings is 1. The van der Waals surface area contributed by atoms with Crippen LogP contribution in [0, 0.1) is 0 Å². The molecule has 4 heterocycles. The molecule has 5 N–H and O–H groups in total. The van der Waals surface area contributed by atoms with E-state index in [1.54, 1.807) is 30.3 Å². The first-order chi connectivity index (χ1) is 29.0. The SMILES string of the molecule is C[C@@H]1C[C@@H](O)c2ncnc(N3CCN(C(=O)C(CNCCC(=O)NCCCCCCNc4cccc5c4C(=O)N(C4CCC(=O)NC4=O)C5=O)c4ccc(Cl)cc4)CC3)c21. The third-order valence-electron chi connectivity index (χ3n) is 11.8. The minimum Gasteiger partial charge on any atom is -0.387 e. The Morgan fingerprint density at radius 3 is 2.43 bits per heavy atom. The minimum absolute atomic E-state index is 0.00789. The Labute approximate surface area is 353 Å². The number of piperazine rings is 1. The number of anilines is 2. The summed E-state index contributed by atoms with van der Waals surface area (Å²) >= 11 is 6.18. The number of nitrogens with zero attached hydrogens (tertiary/aromatic N) is 5. The molecule has 1 aromatic heterocycles. The zero-order chi connectivity index (χ0) is 42.3. The van der Waals surface area contributed by atoms with E-state index in [0.29, 0.717) is 75.2 Å². The van der Waals surface area contributed by atoms with Gasteiger partial charge in [-0.15, -0.1) is 0 Å². The number of hydrogen-bond donors (Lipinski definition) is 5. The Kier molecular flexibility index (Phi) is 13.7. The van der Waals surface area contributed by atoms with Gasteiger partial charge in [-0.25, -0.2) is 9.97 Å². The summed E-state index contributed by atoms with van der Waals surface area (Å²) in [6, 6.07) is 11.3. The molecule has 2 unspecified atom stereocenters. The van der Waals surface area contributed by atoms with E-state index in [-0.39, 0.29) is 48.1 Å². The standard InChI is InChI=1S/C43H52ClN9O7/c1-26-23-33(54)38-36(26)39(49-25-48-38)51-19-21-52(22-20-51)41(58)30(27-9-11-28(44)12-10-27)24-45-18-15-34(55)47-17-5-3-2-4-16-46-31-8-6-7-29-37(31)43(60)53(42(29)59)32-13-14-35(56)50-40(32)57/h6-12,25-26,30,32-33,45-46,54H,2-5,13-24H2,1H3,(H,47,55)(H,50,56,57)/t26-,30?,32?,33-/m1/s1. The lowest BCUT2D eigenvalue weighted by Crippen LogP contribution is -2.54. The van der Waals surface area contributed by atoms with E-state index < -0.39 is 41.7 Å². The number of halogens is 1. The zero-order valence-corrected chi connectivity index (χ0v) is 34.5. The van der Waals surface area contributed by atoms with Crippen LogP contribution in [0.2, 0.25) is 5.02 Å². The molecule has 0 bridgehead atoms. The number of amides is 6. The van der Waals surface area contributed by atoms with Crippen LogP contribution in [-0.2, 0) is 19.2 Å². The van der Waals surface area contributed by atoms with Crippen molar-refractivity contribution >= 4 is 58.5 Å². The fourth-order valence-corrected chi connectivity index (χ4v) is 8.74. The van der Waals surface area contributed by atoms with Crippen molar-refractivity contribution < 1.29 is 33.9 Å². The van der Waals surface area contributed by atoms with E-state index >= 15 is 0 Å². The maximum atomic E-state index is 14.0. The predicted molar refractivity (Wildman–Crippen MR) is 224 cm³/mol. The third kappa shape index (κ3) is 9.45. The maximum absolute atomic E-state index is 14.0. The van der Waals surface area contributed by atoms with Crippen molar-refractivity contribution in [3.05, 3.63) is 81.8 Å². The number of fused-ring (bicyclic) bond motifs is 2. The highest BCUT2D eigenvalue weighted by atomic mass is 35.5. The molecule has 2 saturated heterocycles. The van der Waals surface area contributed by atoms with Gasteiger partial charge in [-0.1, -0.05) is 49.6 Å². The second-order valence-corrected chi connectivity index (χ2v) is 16.3. The van der Waals surface area contributed by atoms with Crippen LogP contribution >= 0.6 is 11.6 Å². The van der Waals surface area contributed by atoms with Crippen molar-refractivity contribution in [1.82, 2.24) is 35.7 Å². The Bertz CT molecular complexity index is 2110. The largest absolute Gasteiger partial charge is 0.387 e. The molecule has 0 spiro atoms. The van der Waals surface area contributed by atoms with E-state index in [9.17, 15) is 33.9 Å². The zero-order valence-electron chi connectivity index (χ0n) is 33.8. The van der Waals surface area contributed by atoms with Gasteiger partial charge in [0.1, 0.15) is 18.2 Å². The van der Waals surface area contributed by atoms with Crippen LogP contribution in [0.1, 0.15) is 114 Å². The number of rotatable bonds is 17. The van der Waals surface area contributed by atoms with Crippen molar-refractivity contribution in [3.8, 4) is 0 Å². The number of aromatic nitrogens is 2. The van der Waals surface area contributed by atoms with Crippen LogP contribution in [-0.4, -0.2) is 119 Å². The molecular weight excluding hydrogens is 790 g/mol. The van der Waals surface area contributed by atoms with Crippen LogP contribution in [0.3, 0.4) is 0 Å². The van der Waals surface area contributed by atoms with Gasteiger partial charge in [0, 0.05) is 81.5 Å². The molecule has 3 aromatic rings. The molecule has 2 aromatic carbocycles. The monoisotopic (exact) mass is 841 g/mol. The molecule has 4 aliphatic rings. The molecule has 318 valence electrons. The maximum Gasteiger partial charge on any atom is 0.264 e. The Hall–Kier alpha value is -5.45. The first-order valence-corrected chi connectivity index (χ1v) is 21.3. The number of benzene rings is 2. The van der Waals surface area contributed by atoms with E-state index in [0.717, 1.165) is 47.5 Å². The van der Waals surface area contributed by atoms with E-state index in [2.05, 4.69) is 43.1 Å². The van der Waals surface area contributed by atoms with Gasteiger partial charge in [0.2, 0.25) is 23.6 Å². The number of carbonyl (C=O) groups is 6. The second kappa shape index (κ2) is 19.3. The van der Waals surface area contributed by atoms with Gasteiger partial charge < -0.3 is 30.9 Å². The Morgan fingerprint density at radius 1 is 0.933 bits per heavy atom. The summed E-state index contributed by atoms with van der Waals surface area (Å²) < 4.78 is 0. The second-order valence-electron chi connectivity index (χ2n) is 15.9. The topological polar surface area (TPSA) is 206 Å². The van der Waals surface area contributed by atoms with Crippen molar-refractivity contribution in [3.63, 3.8) is 0 Å². The van der Waals surface area contributed by atoms with Crippen LogP contribution in [0.5, 0.6) is 0 Å². The lowest BCUT2D eigenvalue weighted by molar-refractivity contribution is -0.136. The summed E-state index contributed by atoms with van der Waals surface area (Å²) in [6.45, 7) is 6.26. The van der Waals surface area contributed by atoms with Gasteiger partial charge in [-0.05, 0) is 61.4 Å². The highest BCUT2D eigenvalue weighted by molar-refractivity contribution is 6.30. The third-order valence-corrected chi connectivity index (χ3v) is 12.1. The van der Waals surface area contributed by atoms with E-state index in [1.165, 1.54) is 6.33 Å². The van der Waals surface area contributed by atoms with Gasteiger partial charge in [0.05, 0.1) is 28.8 Å². The number of nitrogens with one attached hydrogen (secondary N) is 4. The molecule has 16 nitrogen and oxygen atoms in total. The van der Waals surface area contributed by atoms with Gasteiger partial charge in [0.15, 0.2) is 0 Å². The smallest absolute Gasteiger partial charge is 0.264 e. The van der Waals surface area contributed by atoms with Crippen LogP contribution in [0.4, 0.5) is 11.5 Å². The molecule has 3 aliphatic heterocycles.